The van der Waals surface area contributed by atoms with Gasteiger partial charge in [0.1, 0.15) is 0 Å². The zero-order chi connectivity index (χ0) is 17.7. The standard InChI is InChI=1S/C18H22ClN3O2.ClH/c1-12(2)9-16(20)18(24)21-14-7-8-17(23)22(11-14)10-13-5-3-4-6-15(13)19;/h3-8,11-12,16H,9-10,20H2,1-2H3,(H,21,24);1H/t16-;/m0./s1. The van der Waals surface area contributed by atoms with Crippen molar-refractivity contribution < 1.29 is 4.79 Å². The summed E-state index contributed by atoms with van der Waals surface area (Å²) in [6, 6.07) is 9.75. The first-order chi connectivity index (χ1) is 11.4. The molecule has 0 bridgehead atoms. The highest BCUT2D eigenvalue weighted by molar-refractivity contribution is 6.31. The number of benzene rings is 1. The van der Waals surface area contributed by atoms with Crippen LogP contribution in [0.1, 0.15) is 25.8 Å². The summed E-state index contributed by atoms with van der Waals surface area (Å²) in [5.41, 5.74) is 7.08. The zero-order valence-corrected chi connectivity index (χ0v) is 15.8. The summed E-state index contributed by atoms with van der Waals surface area (Å²) in [6.07, 6.45) is 2.21. The van der Waals surface area contributed by atoms with Crippen LogP contribution in [0.3, 0.4) is 0 Å². The van der Waals surface area contributed by atoms with Gasteiger partial charge in [0.15, 0.2) is 0 Å². The van der Waals surface area contributed by atoms with Crippen LogP contribution in [-0.2, 0) is 11.3 Å². The van der Waals surface area contributed by atoms with Crippen LogP contribution in [0.15, 0.2) is 47.4 Å². The molecule has 1 heterocycles. The van der Waals surface area contributed by atoms with Crippen LogP contribution in [0.4, 0.5) is 5.69 Å². The number of hydrogen-bond donors (Lipinski definition) is 2. The number of nitrogens with one attached hydrogen (secondary N) is 1. The lowest BCUT2D eigenvalue weighted by molar-refractivity contribution is -0.117. The SMILES string of the molecule is CC(C)C[C@H](N)C(=O)Nc1ccc(=O)n(Cc2ccccc2Cl)c1.Cl. The fourth-order valence-corrected chi connectivity index (χ4v) is 2.58. The van der Waals surface area contributed by atoms with Crippen LogP contribution < -0.4 is 16.6 Å². The van der Waals surface area contributed by atoms with Gasteiger partial charge in [-0.05, 0) is 30.0 Å². The molecule has 0 unspecified atom stereocenters. The summed E-state index contributed by atoms with van der Waals surface area (Å²) in [6.45, 7) is 4.36. The van der Waals surface area contributed by atoms with Crippen molar-refractivity contribution in [3.05, 3.63) is 63.5 Å². The van der Waals surface area contributed by atoms with Gasteiger partial charge in [-0.1, -0.05) is 43.6 Å². The van der Waals surface area contributed by atoms with Crippen molar-refractivity contribution in [3.63, 3.8) is 0 Å². The smallest absolute Gasteiger partial charge is 0.250 e. The predicted molar refractivity (Wildman–Crippen MR) is 105 cm³/mol. The summed E-state index contributed by atoms with van der Waals surface area (Å²) in [5.74, 6) is 0.0755. The minimum atomic E-state index is -0.575. The minimum absolute atomic E-state index is 0. The molecule has 1 aromatic heterocycles. The Labute approximate surface area is 158 Å². The monoisotopic (exact) mass is 383 g/mol. The maximum Gasteiger partial charge on any atom is 0.250 e. The summed E-state index contributed by atoms with van der Waals surface area (Å²) >= 11 is 6.14. The van der Waals surface area contributed by atoms with E-state index in [1.54, 1.807) is 18.3 Å². The van der Waals surface area contributed by atoms with Crippen molar-refractivity contribution in [2.24, 2.45) is 11.7 Å². The number of pyridine rings is 1. The molecule has 0 spiro atoms. The number of anilines is 1. The largest absolute Gasteiger partial charge is 0.323 e. The van der Waals surface area contributed by atoms with Crippen molar-refractivity contribution >= 4 is 35.6 Å². The molecule has 0 fully saturated rings. The van der Waals surface area contributed by atoms with Gasteiger partial charge in [-0.25, -0.2) is 0 Å². The summed E-state index contributed by atoms with van der Waals surface area (Å²) < 4.78 is 1.50. The predicted octanol–water partition coefficient (Wildman–Crippen LogP) is 3.28. The van der Waals surface area contributed by atoms with Crippen LogP contribution in [-0.4, -0.2) is 16.5 Å². The lowest BCUT2D eigenvalue weighted by Gasteiger charge is -2.15. The normalized spacial score (nSPS) is 11.7. The Morgan fingerprint density at radius 1 is 1.24 bits per heavy atom. The first kappa shape index (κ1) is 21.2. The number of rotatable bonds is 6. The van der Waals surface area contributed by atoms with Crippen molar-refractivity contribution in [3.8, 4) is 0 Å². The zero-order valence-electron chi connectivity index (χ0n) is 14.2. The molecule has 136 valence electrons. The van der Waals surface area contributed by atoms with Crippen LogP contribution >= 0.6 is 24.0 Å². The Kier molecular flexibility index (Phi) is 8.16. The second kappa shape index (κ2) is 9.61. The Bertz CT molecular complexity index is 775. The summed E-state index contributed by atoms with van der Waals surface area (Å²) in [5, 5.41) is 3.35. The molecule has 0 saturated carbocycles. The van der Waals surface area contributed by atoms with E-state index in [1.165, 1.54) is 10.6 Å². The van der Waals surface area contributed by atoms with E-state index in [0.717, 1.165) is 5.56 Å². The fraction of sp³-hybridized carbons (Fsp3) is 0.333. The molecule has 3 N–H and O–H groups in total. The van der Waals surface area contributed by atoms with E-state index in [1.807, 2.05) is 32.0 Å². The quantitative estimate of drug-likeness (QED) is 0.803. The van der Waals surface area contributed by atoms with Gasteiger partial charge in [0.25, 0.3) is 5.56 Å². The van der Waals surface area contributed by atoms with E-state index in [9.17, 15) is 9.59 Å². The van der Waals surface area contributed by atoms with Gasteiger partial charge in [-0.15, -0.1) is 12.4 Å². The molecule has 0 aliphatic rings. The maximum atomic E-state index is 12.1. The summed E-state index contributed by atoms with van der Waals surface area (Å²) in [7, 11) is 0. The molecular formula is C18H23Cl2N3O2. The van der Waals surface area contributed by atoms with Gasteiger partial charge in [0.05, 0.1) is 18.3 Å². The van der Waals surface area contributed by atoms with E-state index in [0.29, 0.717) is 29.6 Å². The van der Waals surface area contributed by atoms with Gasteiger partial charge in [-0.3, -0.25) is 9.59 Å². The molecule has 7 heteroatoms. The third kappa shape index (κ3) is 6.20. The Hall–Kier alpha value is -1.82. The number of amides is 1. The summed E-state index contributed by atoms with van der Waals surface area (Å²) in [4.78, 5) is 24.1. The minimum Gasteiger partial charge on any atom is -0.323 e. The molecule has 0 radical (unpaired) electrons. The van der Waals surface area contributed by atoms with Gasteiger partial charge in [-0.2, -0.15) is 0 Å². The van der Waals surface area contributed by atoms with Crippen LogP contribution in [0.25, 0.3) is 0 Å². The van der Waals surface area contributed by atoms with E-state index in [4.69, 9.17) is 17.3 Å². The molecule has 1 amide bonds. The number of nitrogens with zero attached hydrogens (tertiary/aromatic N) is 1. The average Bonchev–Trinajstić information content (AvgIpc) is 2.52. The van der Waals surface area contributed by atoms with Crippen molar-refractivity contribution in [2.75, 3.05) is 5.32 Å². The fourth-order valence-electron chi connectivity index (χ4n) is 2.39. The number of carbonyl (C=O) groups excluding carboxylic acids is 1. The average molecular weight is 384 g/mol. The Balaban J connectivity index is 0.00000312. The highest BCUT2D eigenvalue weighted by Gasteiger charge is 2.15. The topological polar surface area (TPSA) is 77.1 Å². The third-order valence-electron chi connectivity index (χ3n) is 3.61. The van der Waals surface area contributed by atoms with Crippen molar-refractivity contribution in [2.45, 2.75) is 32.9 Å². The molecular weight excluding hydrogens is 361 g/mol. The van der Waals surface area contributed by atoms with Crippen molar-refractivity contribution in [1.29, 1.82) is 0 Å². The van der Waals surface area contributed by atoms with E-state index in [-0.39, 0.29) is 23.9 Å². The molecule has 2 rings (SSSR count). The van der Waals surface area contributed by atoms with Gasteiger partial charge in [0, 0.05) is 17.3 Å². The van der Waals surface area contributed by atoms with Crippen LogP contribution in [0.5, 0.6) is 0 Å². The second-order valence-electron chi connectivity index (χ2n) is 6.20. The first-order valence-electron chi connectivity index (χ1n) is 7.87. The number of hydrogen-bond acceptors (Lipinski definition) is 3. The van der Waals surface area contributed by atoms with Gasteiger partial charge >= 0.3 is 0 Å². The highest BCUT2D eigenvalue weighted by Crippen LogP contribution is 2.16. The maximum absolute atomic E-state index is 12.1. The number of carbonyl (C=O) groups is 1. The molecule has 0 saturated heterocycles. The molecule has 2 aromatic rings. The van der Waals surface area contributed by atoms with E-state index >= 15 is 0 Å². The molecule has 0 aliphatic heterocycles. The van der Waals surface area contributed by atoms with Gasteiger partial charge in [0.2, 0.25) is 5.91 Å². The lowest BCUT2D eigenvalue weighted by atomic mass is 10.0. The number of halogens is 2. The molecule has 25 heavy (non-hydrogen) atoms. The number of aromatic nitrogens is 1. The second-order valence-corrected chi connectivity index (χ2v) is 6.61. The van der Waals surface area contributed by atoms with Gasteiger partial charge < -0.3 is 15.6 Å². The Morgan fingerprint density at radius 3 is 2.56 bits per heavy atom. The molecule has 1 aromatic carbocycles. The van der Waals surface area contributed by atoms with E-state index < -0.39 is 6.04 Å². The van der Waals surface area contributed by atoms with Crippen LogP contribution in [0, 0.1) is 5.92 Å². The molecule has 1 atom stereocenters. The van der Waals surface area contributed by atoms with E-state index in [2.05, 4.69) is 5.32 Å². The Morgan fingerprint density at radius 2 is 1.92 bits per heavy atom. The third-order valence-corrected chi connectivity index (χ3v) is 3.98. The number of nitrogens with two attached hydrogens (primary N) is 1. The van der Waals surface area contributed by atoms with Crippen LogP contribution in [0.2, 0.25) is 5.02 Å². The highest BCUT2D eigenvalue weighted by atomic mass is 35.5. The lowest BCUT2D eigenvalue weighted by Crippen LogP contribution is -2.37. The first-order valence-corrected chi connectivity index (χ1v) is 8.25. The molecule has 5 nitrogen and oxygen atoms in total. The van der Waals surface area contributed by atoms with Crippen molar-refractivity contribution in [1.82, 2.24) is 4.57 Å². The molecule has 0 aliphatic carbocycles.